The molecule has 0 atom stereocenters. The minimum atomic E-state index is -0.239. The molecule has 0 saturated carbocycles. The van der Waals surface area contributed by atoms with Crippen molar-refractivity contribution in [1.82, 2.24) is 0 Å². The highest BCUT2D eigenvalue weighted by Crippen LogP contribution is 2.17. The summed E-state index contributed by atoms with van der Waals surface area (Å²) in [5, 5.41) is 12.1. The number of anilines is 1. The first-order valence-corrected chi connectivity index (χ1v) is 5.68. The average molecular weight is 240 g/mol. The van der Waals surface area contributed by atoms with Gasteiger partial charge in [-0.3, -0.25) is 0 Å². The Bertz CT molecular complexity index is 600. The van der Waals surface area contributed by atoms with E-state index < -0.39 is 0 Å². The fraction of sp³-hybridized carbons (Fsp3) is 0.133. The third-order valence-corrected chi connectivity index (χ3v) is 2.74. The summed E-state index contributed by atoms with van der Waals surface area (Å²) in [6.45, 7) is 2.50. The SMILES string of the molecule is Cc1ccc(C#N)cc1NCc1cccc(F)c1. The van der Waals surface area contributed by atoms with Gasteiger partial charge in [0.15, 0.2) is 0 Å². The zero-order valence-electron chi connectivity index (χ0n) is 10.1. The normalized spacial score (nSPS) is 9.83. The minimum Gasteiger partial charge on any atom is -0.381 e. The number of benzene rings is 2. The molecule has 0 fully saturated rings. The molecule has 0 unspecified atom stereocenters. The van der Waals surface area contributed by atoms with E-state index in [9.17, 15) is 4.39 Å². The third kappa shape index (κ3) is 2.86. The number of nitriles is 1. The van der Waals surface area contributed by atoms with Crippen molar-refractivity contribution in [3.05, 3.63) is 65.0 Å². The molecule has 18 heavy (non-hydrogen) atoms. The van der Waals surface area contributed by atoms with Crippen molar-refractivity contribution in [2.75, 3.05) is 5.32 Å². The lowest BCUT2D eigenvalue weighted by Crippen LogP contribution is -2.01. The molecule has 0 aliphatic rings. The van der Waals surface area contributed by atoms with Crippen LogP contribution in [0.4, 0.5) is 10.1 Å². The van der Waals surface area contributed by atoms with Gasteiger partial charge in [0, 0.05) is 12.2 Å². The maximum absolute atomic E-state index is 13.0. The van der Waals surface area contributed by atoms with Gasteiger partial charge in [-0.2, -0.15) is 5.26 Å². The molecule has 2 aromatic rings. The van der Waals surface area contributed by atoms with Crippen LogP contribution in [0.3, 0.4) is 0 Å². The Labute approximate surface area is 106 Å². The van der Waals surface area contributed by atoms with Crippen LogP contribution in [-0.2, 0) is 6.54 Å². The molecule has 2 nitrogen and oxygen atoms in total. The van der Waals surface area contributed by atoms with Gasteiger partial charge < -0.3 is 5.32 Å². The Kier molecular flexibility index (Phi) is 3.59. The monoisotopic (exact) mass is 240 g/mol. The largest absolute Gasteiger partial charge is 0.381 e. The highest BCUT2D eigenvalue weighted by atomic mass is 19.1. The first-order chi connectivity index (χ1) is 8.69. The topological polar surface area (TPSA) is 35.8 Å². The van der Waals surface area contributed by atoms with Crippen LogP contribution in [0.25, 0.3) is 0 Å². The molecular formula is C15H13FN2. The fourth-order valence-electron chi connectivity index (χ4n) is 1.73. The van der Waals surface area contributed by atoms with Gasteiger partial charge in [-0.25, -0.2) is 4.39 Å². The molecule has 0 amide bonds. The van der Waals surface area contributed by atoms with Gasteiger partial charge in [0.1, 0.15) is 5.82 Å². The lowest BCUT2D eigenvalue weighted by molar-refractivity contribution is 0.626. The van der Waals surface area contributed by atoms with Gasteiger partial charge >= 0.3 is 0 Å². The Hall–Kier alpha value is -2.34. The maximum Gasteiger partial charge on any atom is 0.123 e. The molecule has 0 aliphatic heterocycles. The van der Waals surface area contributed by atoms with Crippen molar-refractivity contribution in [3.8, 4) is 6.07 Å². The van der Waals surface area contributed by atoms with E-state index in [0.29, 0.717) is 12.1 Å². The number of halogens is 1. The van der Waals surface area contributed by atoms with Crippen molar-refractivity contribution in [1.29, 1.82) is 5.26 Å². The van der Waals surface area contributed by atoms with Crippen LogP contribution in [0.5, 0.6) is 0 Å². The summed E-state index contributed by atoms with van der Waals surface area (Å²) < 4.78 is 13.0. The van der Waals surface area contributed by atoms with E-state index in [1.165, 1.54) is 12.1 Å². The maximum atomic E-state index is 13.0. The zero-order valence-corrected chi connectivity index (χ0v) is 10.1. The Morgan fingerprint density at radius 1 is 1.22 bits per heavy atom. The molecule has 0 saturated heterocycles. The Balaban J connectivity index is 2.13. The molecule has 3 heteroatoms. The van der Waals surface area contributed by atoms with Crippen molar-refractivity contribution >= 4 is 5.69 Å². The van der Waals surface area contributed by atoms with Crippen molar-refractivity contribution in [3.63, 3.8) is 0 Å². The summed E-state index contributed by atoms with van der Waals surface area (Å²) >= 11 is 0. The van der Waals surface area contributed by atoms with Gasteiger partial charge in [0.05, 0.1) is 11.6 Å². The summed E-state index contributed by atoms with van der Waals surface area (Å²) in [5.41, 5.74) is 3.45. The van der Waals surface area contributed by atoms with Crippen LogP contribution in [0.1, 0.15) is 16.7 Å². The van der Waals surface area contributed by atoms with Gasteiger partial charge in [0.25, 0.3) is 0 Å². The number of nitrogens with zero attached hydrogens (tertiary/aromatic N) is 1. The predicted octanol–water partition coefficient (Wildman–Crippen LogP) is 3.62. The molecular weight excluding hydrogens is 227 g/mol. The number of hydrogen-bond acceptors (Lipinski definition) is 2. The Morgan fingerprint density at radius 2 is 2.06 bits per heavy atom. The lowest BCUT2D eigenvalue weighted by Gasteiger charge is -2.10. The van der Waals surface area contributed by atoms with Gasteiger partial charge in [0.2, 0.25) is 0 Å². The summed E-state index contributed by atoms with van der Waals surface area (Å²) in [7, 11) is 0. The number of rotatable bonds is 3. The van der Waals surface area contributed by atoms with Crippen LogP contribution < -0.4 is 5.32 Å². The second kappa shape index (κ2) is 5.33. The predicted molar refractivity (Wildman–Crippen MR) is 69.6 cm³/mol. The molecule has 1 N–H and O–H groups in total. The van der Waals surface area contributed by atoms with E-state index in [0.717, 1.165) is 16.8 Å². The number of aryl methyl sites for hydroxylation is 1. The van der Waals surface area contributed by atoms with Crippen LogP contribution >= 0.6 is 0 Å². The highest BCUT2D eigenvalue weighted by Gasteiger charge is 2.01. The van der Waals surface area contributed by atoms with E-state index in [1.54, 1.807) is 18.2 Å². The van der Waals surface area contributed by atoms with Gasteiger partial charge in [-0.1, -0.05) is 18.2 Å². The smallest absolute Gasteiger partial charge is 0.123 e. The molecule has 0 spiro atoms. The second-order valence-corrected chi connectivity index (χ2v) is 4.12. The third-order valence-electron chi connectivity index (χ3n) is 2.74. The molecule has 2 aromatic carbocycles. The molecule has 0 heterocycles. The van der Waals surface area contributed by atoms with E-state index in [-0.39, 0.29) is 5.82 Å². The zero-order chi connectivity index (χ0) is 13.0. The quantitative estimate of drug-likeness (QED) is 0.889. The van der Waals surface area contributed by atoms with Crippen molar-refractivity contribution < 1.29 is 4.39 Å². The standard InChI is InChI=1S/C15H13FN2/c1-11-5-6-12(9-17)8-15(11)18-10-13-3-2-4-14(16)7-13/h2-8,18H,10H2,1H3. The molecule has 90 valence electrons. The second-order valence-electron chi connectivity index (χ2n) is 4.12. The molecule has 0 aromatic heterocycles. The van der Waals surface area contributed by atoms with Gasteiger partial charge in [-0.05, 0) is 42.3 Å². The van der Waals surface area contributed by atoms with E-state index in [2.05, 4.69) is 11.4 Å². The van der Waals surface area contributed by atoms with E-state index >= 15 is 0 Å². The summed E-state index contributed by atoms with van der Waals surface area (Å²) in [6, 6.07) is 14.0. The summed E-state index contributed by atoms with van der Waals surface area (Å²) in [6.07, 6.45) is 0. The average Bonchev–Trinajstić information content (AvgIpc) is 2.38. The first kappa shape index (κ1) is 12.1. The Morgan fingerprint density at radius 3 is 2.78 bits per heavy atom. The number of hydrogen-bond donors (Lipinski definition) is 1. The van der Waals surface area contributed by atoms with Crippen LogP contribution in [0, 0.1) is 24.1 Å². The molecule has 0 radical (unpaired) electrons. The molecule has 0 aliphatic carbocycles. The summed E-state index contributed by atoms with van der Waals surface area (Å²) in [5.74, 6) is -0.239. The van der Waals surface area contributed by atoms with E-state index in [1.807, 2.05) is 19.1 Å². The van der Waals surface area contributed by atoms with Crippen molar-refractivity contribution in [2.45, 2.75) is 13.5 Å². The van der Waals surface area contributed by atoms with Crippen molar-refractivity contribution in [2.24, 2.45) is 0 Å². The highest BCUT2D eigenvalue weighted by molar-refractivity contribution is 5.55. The minimum absolute atomic E-state index is 0.239. The number of nitrogens with one attached hydrogen (secondary N) is 1. The first-order valence-electron chi connectivity index (χ1n) is 5.68. The van der Waals surface area contributed by atoms with E-state index in [4.69, 9.17) is 5.26 Å². The summed E-state index contributed by atoms with van der Waals surface area (Å²) in [4.78, 5) is 0. The lowest BCUT2D eigenvalue weighted by atomic mass is 10.1. The molecule has 2 rings (SSSR count). The molecule has 0 bridgehead atoms. The van der Waals surface area contributed by atoms with Crippen LogP contribution in [-0.4, -0.2) is 0 Å². The fourth-order valence-corrected chi connectivity index (χ4v) is 1.73. The van der Waals surface area contributed by atoms with Gasteiger partial charge in [-0.15, -0.1) is 0 Å². The van der Waals surface area contributed by atoms with Crippen LogP contribution in [0.2, 0.25) is 0 Å². The van der Waals surface area contributed by atoms with Crippen LogP contribution in [0.15, 0.2) is 42.5 Å².